The molecule has 2 N–H and O–H groups in total. The van der Waals surface area contributed by atoms with Crippen LogP contribution in [0.3, 0.4) is 0 Å². The van der Waals surface area contributed by atoms with E-state index in [-0.39, 0.29) is 37.1 Å². The van der Waals surface area contributed by atoms with Crippen molar-refractivity contribution in [2.75, 3.05) is 26.3 Å². The number of alkyl carbamates (subject to hydrolysis) is 1. The van der Waals surface area contributed by atoms with Gasteiger partial charge in [0.1, 0.15) is 19.3 Å². The van der Waals surface area contributed by atoms with Crippen LogP contribution in [0.4, 0.5) is 4.79 Å². The number of hydrogen-bond acceptors (Lipinski definition) is 5. The topological polar surface area (TPSA) is 105 Å². The summed E-state index contributed by atoms with van der Waals surface area (Å²) >= 11 is 0. The van der Waals surface area contributed by atoms with Gasteiger partial charge >= 0.3 is 12.1 Å². The molecule has 1 atom stereocenters. The predicted octanol–water partition coefficient (Wildman–Crippen LogP) is 3.01. The molecule has 1 saturated carbocycles. The van der Waals surface area contributed by atoms with E-state index in [1.165, 1.54) is 0 Å². The fourth-order valence-electron chi connectivity index (χ4n) is 5.03. The number of benzene rings is 2. The summed E-state index contributed by atoms with van der Waals surface area (Å²) in [4.78, 5) is 38.1. The maximum absolute atomic E-state index is 13.1. The Morgan fingerprint density at radius 3 is 2.18 bits per heavy atom. The second-order valence-electron chi connectivity index (χ2n) is 9.21. The Labute approximate surface area is 197 Å². The summed E-state index contributed by atoms with van der Waals surface area (Å²) < 4.78 is 10.9. The van der Waals surface area contributed by atoms with Crippen LogP contribution in [0.2, 0.25) is 0 Å². The third-order valence-corrected chi connectivity index (χ3v) is 7.11. The molecule has 1 aliphatic heterocycles. The van der Waals surface area contributed by atoms with Gasteiger partial charge in [-0.15, -0.1) is 0 Å². The molecule has 0 spiro atoms. The van der Waals surface area contributed by atoms with Crippen LogP contribution in [0.1, 0.15) is 36.3 Å². The maximum Gasteiger partial charge on any atom is 0.407 e. The van der Waals surface area contributed by atoms with Crippen molar-refractivity contribution >= 4 is 18.0 Å². The number of aliphatic carboxylic acids is 1. The standard InChI is InChI=1S/C26H28N2O6/c29-23(30)15-33-17-12-28(13-17)25(31)24(16-6-5-7-16)27-26(32)34-14-22-20-10-3-1-8-18(20)19-9-2-4-11-21(19)22/h1-4,8-11,16-17,22,24H,5-7,12-15H2,(H,27,32)(H,29,30). The molecule has 1 unspecified atom stereocenters. The smallest absolute Gasteiger partial charge is 0.407 e. The lowest BCUT2D eigenvalue weighted by molar-refractivity contribution is -0.156. The van der Waals surface area contributed by atoms with E-state index >= 15 is 0 Å². The minimum atomic E-state index is -1.03. The molecular formula is C26H28N2O6. The molecule has 8 heteroatoms. The van der Waals surface area contributed by atoms with Crippen molar-refractivity contribution in [3.05, 3.63) is 59.7 Å². The van der Waals surface area contributed by atoms with Crippen molar-refractivity contribution < 1.29 is 29.0 Å². The van der Waals surface area contributed by atoms with Crippen molar-refractivity contribution in [1.29, 1.82) is 0 Å². The number of nitrogens with one attached hydrogen (secondary N) is 1. The van der Waals surface area contributed by atoms with Crippen LogP contribution in [0.15, 0.2) is 48.5 Å². The average Bonchev–Trinajstić information content (AvgIpc) is 3.08. The summed E-state index contributed by atoms with van der Waals surface area (Å²) in [5, 5.41) is 11.5. The Morgan fingerprint density at radius 1 is 1.00 bits per heavy atom. The first kappa shape index (κ1) is 22.4. The number of carbonyl (C=O) groups is 3. The minimum Gasteiger partial charge on any atom is -0.480 e. The normalized spacial score (nSPS) is 18.3. The summed E-state index contributed by atoms with van der Waals surface area (Å²) in [5.74, 6) is -1.15. The van der Waals surface area contributed by atoms with E-state index in [4.69, 9.17) is 14.6 Å². The van der Waals surface area contributed by atoms with Crippen LogP contribution in [0.5, 0.6) is 0 Å². The predicted molar refractivity (Wildman–Crippen MR) is 123 cm³/mol. The van der Waals surface area contributed by atoms with Crippen LogP contribution in [-0.2, 0) is 19.1 Å². The molecule has 34 heavy (non-hydrogen) atoms. The number of rotatable bonds is 8. The van der Waals surface area contributed by atoms with Crippen LogP contribution in [0, 0.1) is 5.92 Å². The van der Waals surface area contributed by atoms with Crippen molar-refractivity contribution in [1.82, 2.24) is 10.2 Å². The van der Waals surface area contributed by atoms with Gasteiger partial charge in [0.05, 0.1) is 6.10 Å². The lowest BCUT2D eigenvalue weighted by Crippen LogP contribution is -2.62. The highest BCUT2D eigenvalue weighted by molar-refractivity contribution is 5.87. The number of carboxylic acid groups (broad SMARTS) is 1. The van der Waals surface area contributed by atoms with Gasteiger partial charge in [-0.05, 0) is 41.0 Å². The van der Waals surface area contributed by atoms with Gasteiger partial charge in [-0.25, -0.2) is 9.59 Å². The molecule has 2 aromatic rings. The molecule has 178 valence electrons. The summed E-state index contributed by atoms with van der Waals surface area (Å²) in [6.45, 7) is 0.487. The number of carbonyl (C=O) groups excluding carboxylic acids is 2. The summed E-state index contributed by atoms with van der Waals surface area (Å²) in [6, 6.07) is 15.7. The number of fused-ring (bicyclic) bond motifs is 3. The van der Waals surface area contributed by atoms with E-state index < -0.39 is 18.1 Å². The minimum absolute atomic E-state index is 0.0430. The first-order valence-corrected chi connectivity index (χ1v) is 11.7. The molecule has 0 radical (unpaired) electrons. The SMILES string of the molecule is O=C(O)COC1CN(C(=O)C(NC(=O)OCC2c3ccccc3-c3ccccc32)C2CCC2)C1. The third-order valence-electron chi connectivity index (χ3n) is 7.11. The first-order valence-electron chi connectivity index (χ1n) is 11.7. The molecule has 0 aromatic heterocycles. The van der Waals surface area contributed by atoms with E-state index in [9.17, 15) is 14.4 Å². The molecule has 5 rings (SSSR count). The molecule has 2 amide bonds. The number of likely N-dealkylation sites (tertiary alicyclic amines) is 1. The number of carboxylic acids is 1. The molecular weight excluding hydrogens is 436 g/mol. The lowest BCUT2D eigenvalue weighted by Gasteiger charge is -2.43. The van der Waals surface area contributed by atoms with Crippen molar-refractivity contribution in [2.24, 2.45) is 5.92 Å². The fourth-order valence-corrected chi connectivity index (χ4v) is 5.03. The van der Waals surface area contributed by atoms with Gasteiger partial charge in [0.15, 0.2) is 0 Å². The molecule has 2 fully saturated rings. The van der Waals surface area contributed by atoms with Crippen molar-refractivity contribution in [2.45, 2.75) is 37.3 Å². The largest absolute Gasteiger partial charge is 0.480 e. The maximum atomic E-state index is 13.1. The average molecular weight is 465 g/mol. The van der Waals surface area contributed by atoms with E-state index in [2.05, 4.69) is 29.6 Å². The van der Waals surface area contributed by atoms with E-state index in [0.29, 0.717) is 13.1 Å². The number of ether oxygens (including phenoxy) is 2. The highest BCUT2D eigenvalue weighted by atomic mass is 16.5. The number of hydrogen-bond donors (Lipinski definition) is 2. The van der Waals surface area contributed by atoms with Crippen LogP contribution in [-0.4, -0.2) is 66.4 Å². The van der Waals surface area contributed by atoms with Gasteiger partial charge in [0.2, 0.25) is 5.91 Å². The van der Waals surface area contributed by atoms with Crippen molar-refractivity contribution in [3.63, 3.8) is 0 Å². The van der Waals surface area contributed by atoms with E-state index in [0.717, 1.165) is 41.5 Å². The van der Waals surface area contributed by atoms with Gasteiger partial charge < -0.3 is 24.8 Å². The lowest BCUT2D eigenvalue weighted by atomic mass is 9.79. The zero-order chi connectivity index (χ0) is 23.7. The van der Waals surface area contributed by atoms with Gasteiger partial charge in [0, 0.05) is 19.0 Å². The highest BCUT2D eigenvalue weighted by Gasteiger charge is 2.41. The number of nitrogens with zero attached hydrogens (tertiary/aromatic N) is 1. The quantitative estimate of drug-likeness (QED) is 0.622. The molecule has 8 nitrogen and oxygen atoms in total. The molecule has 2 aromatic carbocycles. The van der Waals surface area contributed by atoms with E-state index in [1.807, 2.05) is 24.3 Å². The van der Waals surface area contributed by atoms with Crippen LogP contribution >= 0.6 is 0 Å². The van der Waals surface area contributed by atoms with E-state index in [1.54, 1.807) is 4.90 Å². The van der Waals surface area contributed by atoms with Crippen LogP contribution < -0.4 is 5.32 Å². The third kappa shape index (κ3) is 4.37. The highest BCUT2D eigenvalue weighted by Crippen LogP contribution is 2.44. The van der Waals surface area contributed by atoms with Crippen molar-refractivity contribution in [3.8, 4) is 11.1 Å². The van der Waals surface area contributed by atoms with Crippen LogP contribution in [0.25, 0.3) is 11.1 Å². The molecule has 1 heterocycles. The summed E-state index contributed by atoms with van der Waals surface area (Å²) in [6.07, 6.45) is 1.92. The zero-order valence-corrected chi connectivity index (χ0v) is 18.8. The monoisotopic (exact) mass is 464 g/mol. The Balaban J connectivity index is 1.19. The van der Waals surface area contributed by atoms with Gasteiger partial charge in [-0.2, -0.15) is 0 Å². The molecule has 3 aliphatic rings. The molecule has 0 bridgehead atoms. The first-order chi connectivity index (χ1) is 16.5. The Hall–Kier alpha value is -3.39. The second-order valence-corrected chi connectivity index (χ2v) is 9.21. The van der Waals surface area contributed by atoms with Gasteiger partial charge in [-0.3, -0.25) is 4.79 Å². The zero-order valence-electron chi connectivity index (χ0n) is 18.8. The summed E-state index contributed by atoms with van der Waals surface area (Å²) in [7, 11) is 0. The van der Waals surface area contributed by atoms with Gasteiger partial charge in [-0.1, -0.05) is 55.0 Å². The Bertz CT molecular complexity index is 1050. The molecule has 2 aliphatic carbocycles. The van der Waals surface area contributed by atoms with Gasteiger partial charge in [0.25, 0.3) is 0 Å². The molecule has 1 saturated heterocycles. The second kappa shape index (κ2) is 9.46. The summed E-state index contributed by atoms with van der Waals surface area (Å²) in [5.41, 5.74) is 4.59. The Morgan fingerprint density at radius 2 is 1.62 bits per heavy atom. The Kier molecular flexibility index (Phi) is 6.24. The fraction of sp³-hybridized carbons (Fsp3) is 0.423. The number of amides is 2.